The summed E-state index contributed by atoms with van der Waals surface area (Å²) in [7, 11) is 0. The molecule has 0 saturated heterocycles. The monoisotopic (exact) mass is 150 g/mol. The van der Waals surface area contributed by atoms with Crippen molar-refractivity contribution in [3.8, 4) is 0 Å². The molecule has 0 aromatic heterocycles. The molecule has 0 radical (unpaired) electrons. The van der Waals surface area contributed by atoms with Gasteiger partial charge in [0.15, 0.2) is 0 Å². The van der Waals surface area contributed by atoms with Crippen LogP contribution in [0.3, 0.4) is 0 Å². The van der Waals surface area contributed by atoms with E-state index in [-0.39, 0.29) is 74.3 Å². The summed E-state index contributed by atoms with van der Waals surface area (Å²) < 4.78 is 0. The molecule has 0 amide bonds. The van der Waals surface area contributed by atoms with Crippen LogP contribution in [0.4, 0.5) is 0 Å². The molecule has 2 N–H and O–H groups in total. The van der Waals surface area contributed by atoms with E-state index < -0.39 is 0 Å². The fourth-order valence-electron chi connectivity index (χ4n) is 0. The minimum atomic E-state index is 0. The molecule has 4 heavy (non-hydrogen) atoms. The number of halogens is 1. The Morgan fingerprint density at radius 1 is 1.00 bits per heavy atom. The minimum absolute atomic E-state index is 0. The maximum Gasteiger partial charge on any atom is 2.00 e. The zero-order valence-corrected chi connectivity index (χ0v) is 6.86. The quantitative estimate of drug-likeness (QED) is 0.416. The van der Waals surface area contributed by atoms with Gasteiger partial charge in [-0.1, -0.05) is 0 Å². The Morgan fingerprint density at radius 3 is 1.00 bits per heavy atom. The van der Waals surface area contributed by atoms with Crippen LogP contribution in [0.15, 0.2) is 0 Å². The van der Waals surface area contributed by atoms with E-state index >= 15 is 0 Å². The molecule has 24 valence electrons. The normalized spacial score (nSPS) is 0. The third-order valence-electron chi connectivity index (χ3n) is 0. The molecule has 0 aromatic carbocycles. The van der Waals surface area contributed by atoms with Crippen molar-refractivity contribution in [2.75, 3.05) is 0 Å². The van der Waals surface area contributed by atoms with Gasteiger partial charge in [0.1, 0.15) is 0 Å². The first-order valence-electron chi connectivity index (χ1n) is 0. The van der Waals surface area contributed by atoms with Crippen molar-refractivity contribution in [2.45, 2.75) is 0 Å². The fourth-order valence-corrected chi connectivity index (χ4v) is 0. The fraction of sp³-hybridized carbons (Fsp3) is 0. The molecule has 0 fully saturated rings. The summed E-state index contributed by atoms with van der Waals surface area (Å²) in [5, 5.41) is 0. The van der Waals surface area contributed by atoms with Gasteiger partial charge in [0.05, 0.1) is 0 Å². The topological polar surface area (TPSA) is 31.5 Å². The first-order valence-corrected chi connectivity index (χ1v) is 0. The van der Waals surface area contributed by atoms with Crippen molar-refractivity contribution in [1.82, 2.24) is 0 Å². The molecule has 0 spiro atoms. The van der Waals surface area contributed by atoms with Crippen molar-refractivity contribution in [2.24, 2.45) is 0 Å². The molecule has 0 atom stereocenters. The summed E-state index contributed by atoms with van der Waals surface area (Å²) in [5.74, 6) is 0. The Kier molecular flexibility index (Phi) is 191. The van der Waals surface area contributed by atoms with Crippen LogP contribution < -0.4 is 0 Å². The first-order chi connectivity index (χ1) is 0. The van der Waals surface area contributed by atoms with Gasteiger partial charge in [-0.05, 0) is 0 Å². The van der Waals surface area contributed by atoms with Gasteiger partial charge in [-0.3, -0.25) is 0 Å². The van der Waals surface area contributed by atoms with Gasteiger partial charge >= 0.3 is 46.1 Å². The second-order valence-electron chi connectivity index (χ2n) is 0. The molecule has 0 aliphatic carbocycles. The third-order valence-corrected chi connectivity index (χ3v) is 0. The predicted molar refractivity (Wildman–Crippen MR) is 29.9 cm³/mol. The molecular formula is H7BrMg2O. The molecule has 0 aliphatic rings. The van der Waals surface area contributed by atoms with Gasteiger partial charge in [-0.2, -0.15) is 0 Å². The Labute approximate surface area is 73.8 Å². The van der Waals surface area contributed by atoms with Crippen molar-refractivity contribution >= 4 is 63.1 Å². The van der Waals surface area contributed by atoms with E-state index in [1.807, 2.05) is 0 Å². The van der Waals surface area contributed by atoms with E-state index in [1.54, 1.807) is 0 Å². The van der Waals surface area contributed by atoms with Crippen LogP contribution in [0.2, 0.25) is 0 Å². The summed E-state index contributed by atoms with van der Waals surface area (Å²) in [4.78, 5) is 0. The van der Waals surface area contributed by atoms with Gasteiger partial charge in [0, 0.05) is 0 Å². The van der Waals surface area contributed by atoms with Crippen molar-refractivity contribution in [1.29, 1.82) is 0 Å². The number of hydrogen-bond donors (Lipinski definition) is 0. The SMILES string of the molecule is Br.O.[H-].[H-].[H-].[H-].[Mg+2].[Mg+2]. The van der Waals surface area contributed by atoms with Crippen LogP contribution in [-0.4, -0.2) is 51.6 Å². The van der Waals surface area contributed by atoms with E-state index in [4.69, 9.17) is 0 Å². The molecule has 0 rings (SSSR count). The van der Waals surface area contributed by atoms with Gasteiger partial charge < -0.3 is 11.2 Å². The Balaban J connectivity index is 0. The van der Waals surface area contributed by atoms with Gasteiger partial charge in [0.25, 0.3) is 0 Å². The summed E-state index contributed by atoms with van der Waals surface area (Å²) in [6, 6.07) is 0. The van der Waals surface area contributed by atoms with E-state index in [0.717, 1.165) is 0 Å². The van der Waals surface area contributed by atoms with Gasteiger partial charge in [0.2, 0.25) is 0 Å². The second kappa shape index (κ2) is 20.2. The van der Waals surface area contributed by atoms with E-state index in [0.29, 0.717) is 0 Å². The summed E-state index contributed by atoms with van der Waals surface area (Å²) in [5.41, 5.74) is 0. The maximum atomic E-state index is 0. The molecule has 0 bridgehead atoms. The van der Waals surface area contributed by atoms with E-state index in [2.05, 4.69) is 0 Å². The molecule has 1 nitrogen and oxygen atoms in total. The summed E-state index contributed by atoms with van der Waals surface area (Å²) >= 11 is 0. The zero-order valence-electron chi connectivity index (χ0n) is 6.32. The van der Waals surface area contributed by atoms with Crippen LogP contribution >= 0.6 is 17.0 Å². The Morgan fingerprint density at radius 2 is 1.00 bits per heavy atom. The third kappa shape index (κ3) is 9.02. The zero-order chi connectivity index (χ0) is 0. The van der Waals surface area contributed by atoms with E-state index in [9.17, 15) is 0 Å². The van der Waals surface area contributed by atoms with Crippen molar-refractivity contribution in [3.63, 3.8) is 0 Å². The molecule has 4 heteroatoms. The maximum absolute atomic E-state index is 0. The Hall–Kier alpha value is 1.97. The van der Waals surface area contributed by atoms with Crippen molar-refractivity contribution < 1.29 is 11.2 Å². The molecule has 0 unspecified atom stereocenters. The summed E-state index contributed by atoms with van der Waals surface area (Å²) in [6.45, 7) is 0. The molecule has 0 aliphatic heterocycles. The molecular weight excluding hydrogens is 145 g/mol. The molecule has 0 aromatic rings. The second-order valence-corrected chi connectivity index (χ2v) is 0. The average molecular weight is 152 g/mol. The van der Waals surface area contributed by atoms with Gasteiger partial charge in [-0.25, -0.2) is 0 Å². The first kappa shape index (κ1) is 38.0. The van der Waals surface area contributed by atoms with Crippen LogP contribution in [0.1, 0.15) is 5.71 Å². The van der Waals surface area contributed by atoms with E-state index in [1.165, 1.54) is 0 Å². The minimum Gasteiger partial charge on any atom is -1.00 e. The number of hydrogen-bond acceptors (Lipinski definition) is 0. The smallest absolute Gasteiger partial charge is 1.00 e. The van der Waals surface area contributed by atoms with Crippen LogP contribution in [0.5, 0.6) is 0 Å². The molecule has 0 saturated carbocycles. The average Bonchev–Trinajstić information content (AvgIpc) is 0. The van der Waals surface area contributed by atoms with Crippen LogP contribution in [-0.2, 0) is 0 Å². The van der Waals surface area contributed by atoms with Crippen LogP contribution in [0.25, 0.3) is 0 Å². The largest absolute Gasteiger partial charge is 2.00 e. The number of rotatable bonds is 0. The predicted octanol–water partition coefficient (Wildman–Crippen LogP) is -0.558. The summed E-state index contributed by atoms with van der Waals surface area (Å²) in [6.07, 6.45) is 0. The van der Waals surface area contributed by atoms with Crippen molar-refractivity contribution in [3.05, 3.63) is 0 Å². The van der Waals surface area contributed by atoms with Crippen LogP contribution in [0, 0.1) is 0 Å². The standard InChI is InChI=1S/BrH.2Mg.H2O.4H/h1H;;;1H2;;;;/q;2*+2;;4*-1. The van der Waals surface area contributed by atoms with Gasteiger partial charge in [-0.15, -0.1) is 17.0 Å². The Bertz CT molecular complexity index is 14.0. The molecule has 0 heterocycles.